The number of aromatic nitrogens is 1. The van der Waals surface area contributed by atoms with Crippen LogP contribution in [0.25, 0.3) is 22.3 Å². The number of rotatable bonds is 4. The summed E-state index contributed by atoms with van der Waals surface area (Å²) in [4.78, 5) is 19.2. The molecule has 0 bridgehead atoms. The average molecular weight is 433 g/mol. The molecule has 5 nitrogen and oxygen atoms in total. The monoisotopic (exact) mass is 432 g/mol. The molecule has 1 aliphatic heterocycles. The smallest absolute Gasteiger partial charge is 0.272 e. The Hall–Kier alpha value is -3.15. The van der Waals surface area contributed by atoms with Gasteiger partial charge in [-0.15, -0.1) is 0 Å². The van der Waals surface area contributed by atoms with Crippen LogP contribution in [0.15, 0.2) is 71.1 Å². The van der Waals surface area contributed by atoms with Gasteiger partial charge in [-0.3, -0.25) is 4.79 Å². The van der Waals surface area contributed by atoms with E-state index in [-0.39, 0.29) is 5.91 Å². The predicted octanol–water partition coefficient (Wildman–Crippen LogP) is 5.21. The highest BCUT2D eigenvalue weighted by atomic mass is 35.5. The maximum Gasteiger partial charge on any atom is 0.272 e. The number of nitrogens with zero attached hydrogens (tertiary/aromatic N) is 2. The highest BCUT2D eigenvalue weighted by Gasteiger charge is 2.20. The number of ether oxygens (including phenoxy) is 1. The molecule has 1 saturated heterocycles. The van der Waals surface area contributed by atoms with Crippen LogP contribution in [0.1, 0.15) is 21.7 Å². The summed E-state index contributed by atoms with van der Waals surface area (Å²) in [5.41, 5.74) is 3.97. The normalized spacial score (nSPS) is 14.2. The van der Waals surface area contributed by atoms with Gasteiger partial charge in [-0.25, -0.2) is 4.98 Å². The van der Waals surface area contributed by atoms with Crippen LogP contribution < -0.4 is 0 Å². The summed E-state index contributed by atoms with van der Waals surface area (Å²) >= 11 is 6.39. The fourth-order valence-electron chi connectivity index (χ4n) is 3.88. The highest BCUT2D eigenvalue weighted by molar-refractivity contribution is 6.31. The number of furan rings is 1. The lowest BCUT2D eigenvalue weighted by Crippen LogP contribution is -2.41. The van der Waals surface area contributed by atoms with Crippen LogP contribution in [-0.2, 0) is 11.2 Å². The molecule has 0 radical (unpaired) electrons. The second-order valence-corrected chi connectivity index (χ2v) is 7.99. The molecule has 0 saturated carbocycles. The molecule has 4 aromatic rings. The molecule has 156 valence electrons. The van der Waals surface area contributed by atoms with Gasteiger partial charge < -0.3 is 14.1 Å². The van der Waals surface area contributed by atoms with E-state index in [1.807, 2.05) is 60.7 Å². The number of amides is 1. The SMILES string of the molecule is O=C(c1cccc(Cc2cc(Cl)cc3cc(-c4ccccc4)oc23)n1)N1CCOCC1. The van der Waals surface area contributed by atoms with Crippen molar-refractivity contribution in [1.82, 2.24) is 9.88 Å². The van der Waals surface area contributed by atoms with Crippen molar-refractivity contribution in [3.05, 3.63) is 88.7 Å². The van der Waals surface area contributed by atoms with Gasteiger partial charge in [0.1, 0.15) is 17.0 Å². The minimum atomic E-state index is -0.0641. The molecular formula is C25H21ClN2O3. The van der Waals surface area contributed by atoms with Gasteiger partial charge in [-0.05, 0) is 30.3 Å². The fourth-order valence-corrected chi connectivity index (χ4v) is 4.13. The number of halogens is 1. The minimum absolute atomic E-state index is 0.0641. The quantitative estimate of drug-likeness (QED) is 0.444. The number of morpholine rings is 1. The summed E-state index contributed by atoms with van der Waals surface area (Å²) in [6.07, 6.45) is 0.517. The molecule has 0 aliphatic carbocycles. The second-order valence-electron chi connectivity index (χ2n) is 7.56. The van der Waals surface area contributed by atoms with Crippen molar-refractivity contribution in [3.63, 3.8) is 0 Å². The van der Waals surface area contributed by atoms with Crippen molar-refractivity contribution in [2.75, 3.05) is 26.3 Å². The molecule has 1 fully saturated rings. The first-order chi connectivity index (χ1) is 15.2. The molecular weight excluding hydrogens is 412 g/mol. The number of benzene rings is 2. The molecule has 0 N–H and O–H groups in total. The molecule has 3 heterocycles. The third kappa shape index (κ3) is 4.20. The van der Waals surface area contributed by atoms with E-state index in [4.69, 9.17) is 20.8 Å². The van der Waals surface area contributed by atoms with Crippen molar-refractivity contribution in [1.29, 1.82) is 0 Å². The standard InChI is InChI=1S/C25H21ClN2O3/c26-20-13-18(24-19(14-20)16-23(31-24)17-5-2-1-3-6-17)15-21-7-4-8-22(27-21)25(29)28-9-11-30-12-10-28/h1-8,13-14,16H,9-12,15H2. The Morgan fingerprint density at radius 1 is 1.00 bits per heavy atom. The first kappa shape index (κ1) is 19.8. The van der Waals surface area contributed by atoms with Crippen molar-refractivity contribution in [2.45, 2.75) is 6.42 Å². The lowest BCUT2D eigenvalue weighted by atomic mass is 10.1. The van der Waals surface area contributed by atoms with Crippen LogP contribution in [0.2, 0.25) is 5.02 Å². The highest BCUT2D eigenvalue weighted by Crippen LogP contribution is 2.33. The fraction of sp³-hybridized carbons (Fsp3) is 0.200. The number of carbonyl (C=O) groups is 1. The van der Waals surface area contributed by atoms with Gasteiger partial charge in [-0.1, -0.05) is 48.0 Å². The van der Waals surface area contributed by atoms with Gasteiger partial charge in [-0.2, -0.15) is 0 Å². The van der Waals surface area contributed by atoms with E-state index < -0.39 is 0 Å². The first-order valence-electron chi connectivity index (χ1n) is 10.3. The van der Waals surface area contributed by atoms with E-state index in [2.05, 4.69) is 4.98 Å². The summed E-state index contributed by atoms with van der Waals surface area (Å²) in [5.74, 6) is 0.731. The van der Waals surface area contributed by atoms with Gasteiger partial charge >= 0.3 is 0 Å². The zero-order chi connectivity index (χ0) is 21.2. The third-order valence-corrected chi connectivity index (χ3v) is 5.63. The Labute approximate surface area is 185 Å². The zero-order valence-electron chi connectivity index (χ0n) is 16.9. The van der Waals surface area contributed by atoms with E-state index in [9.17, 15) is 4.79 Å². The van der Waals surface area contributed by atoms with Crippen LogP contribution in [0.5, 0.6) is 0 Å². The van der Waals surface area contributed by atoms with Crippen molar-refractivity contribution >= 4 is 28.5 Å². The Morgan fingerprint density at radius 3 is 2.61 bits per heavy atom. The van der Waals surface area contributed by atoms with Gasteiger partial charge in [0.05, 0.1) is 13.2 Å². The lowest BCUT2D eigenvalue weighted by molar-refractivity contribution is 0.0299. The van der Waals surface area contributed by atoms with Crippen molar-refractivity contribution in [2.24, 2.45) is 0 Å². The molecule has 0 unspecified atom stereocenters. The molecule has 1 amide bonds. The lowest BCUT2D eigenvalue weighted by Gasteiger charge is -2.26. The van der Waals surface area contributed by atoms with Gasteiger partial charge in [0.2, 0.25) is 0 Å². The topological polar surface area (TPSA) is 55.6 Å². The Bertz CT molecular complexity index is 1230. The van der Waals surface area contributed by atoms with E-state index in [0.717, 1.165) is 33.6 Å². The maximum atomic E-state index is 12.8. The number of fused-ring (bicyclic) bond motifs is 1. The maximum absolute atomic E-state index is 12.8. The molecule has 5 rings (SSSR count). The van der Waals surface area contributed by atoms with Crippen LogP contribution in [0.4, 0.5) is 0 Å². The van der Waals surface area contributed by atoms with Crippen molar-refractivity contribution in [3.8, 4) is 11.3 Å². The molecule has 0 atom stereocenters. The third-order valence-electron chi connectivity index (χ3n) is 5.41. The summed E-state index contributed by atoms with van der Waals surface area (Å²) in [5, 5.41) is 1.59. The zero-order valence-corrected chi connectivity index (χ0v) is 17.6. The van der Waals surface area contributed by atoms with Gasteiger partial charge in [0.25, 0.3) is 5.91 Å². The predicted molar refractivity (Wildman–Crippen MR) is 120 cm³/mol. The Kier molecular flexibility index (Phi) is 5.45. The van der Waals surface area contributed by atoms with E-state index in [1.54, 1.807) is 11.0 Å². The first-order valence-corrected chi connectivity index (χ1v) is 10.7. The Morgan fingerprint density at radius 2 is 1.81 bits per heavy atom. The van der Waals surface area contributed by atoms with Gasteiger partial charge in [0.15, 0.2) is 0 Å². The summed E-state index contributed by atoms with van der Waals surface area (Å²) in [6.45, 7) is 2.31. The number of hydrogen-bond donors (Lipinski definition) is 0. The largest absolute Gasteiger partial charge is 0.456 e. The summed E-state index contributed by atoms with van der Waals surface area (Å²) < 4.78 is 11.5. The second kappa shape index (κ2) is 8.53. The molecule has 31 heavy (non-hydrogen) atoms. The number of hydrogen-bond acceptors (Lipinski definition) is 4. The van der Waals surface area contributed by atoms with E-state index in [1.165, 1.54) is 0 Å². The van der Waals surface area contributed by atoms with Crippen LogP contribution >= 0.6 is 11.6 Å². The number of pyridine rings is 1. The molecule has 2 aromatic heterocycles. The van der Waals surface area contributed by atoms with Crippen LogP contribution in [0.3, 0.4) is 0 Å². The van der Waals surface area contributed by atoms with Crippen LogP contribution in [0, 0.1) is 0 Å². The molecule has 6 heteroatoms. The molecule has 1 aliphatic rings. The van der Waals surface area contributed by atoms with Gasteiger partial charge in [0, 0.05) is 46.7 Å². The Balaban J connectivity index is 1.46. The molecule has 0 spiro atoms. The minimum Gasteiger partial charge on any atom is -0.456 e. The average Bonchev–Trinajstić information content (AvgIpc) is 3.24. The van der Waals surface area contributed by atoms with Crippen molar-refractivity contribution < 1.29 is 13.9 Å². The number of carbonyl (C=O) groups excluding carboxylic acids is 1. The summed E-state index contributed by atoms with van der Waals surface area (Å²) in [7, 11) is 0. The van der Waals surface area contributed by atoms with E-state index in [0.29, 0.717) is 43.4 Å². The molecule has 2 aromatic carbocycles. The summed E-state index contributed by atoms with van der Waals surface area (Å²) in [6, 6.07) is 21.3. The van der Waals surface area contributed by atoms with E-state index >= 15 is 0 Å². The van der Waals surface area contributed by atoms with Crippen LogP contribution in [-0.4, -0.2) is 42.1 Å².